The summed E-state index contributed by atoms with van der Waals surface area (Å²) in [5.74, 6) is 0.577. The van der Waals surface area contributed by atoms with Crippen LogP contribution in [0.5, 0.6) is 0 Å². The van der Waals surface area contributed by atoms with Crippen molar-refractivity contribution >= 4 is 27.5 Å². The van der Waals surface area contributed by atoms with Crippen LogP contribution in [0.3, 0.4) is 0 Å². The molecule has 3 heteroatoms. The predicted octanol–water partition coefficient (Wildman–Crippen LogP) is 5.07. The summed E-state index contributed by atoms with van der Waals surface area (Å²) in [5.41, 5.74) is 7.51. The third kappa shape index (κ3) is 3.24. The Kier molecular flexibility index (Phi) is 4.89. The van der Waals surface area contributed by atoms with Crippen molar-refractivity contribution < 1.29 is 0 Å². The highest BCUT2D eigenvalue weighted by molar-refractivity contribution is 9.10. The normalized spacial score (nSPS) is 19.9. The molecule has 1 aliphatic rings. The monoisotopic (exact) mass is 315 g/mol. The van der Waals surface area contributed by atoms with Gasteiger partial charge in [-0.25, -0.2) is 0 Å². The van der Waals surface area contributed by atoms with Crippen molar-refractivity contribution in [1.82, 2.24) is 0 Å². The van der Waals surface area contributed by atoms with E-state index in [1.807, 2.05) is 18.2 Å². The van der Waals surface area contributed by atoms with Gasteiger partial charge in [-0.1, -0.05) is 59.3 Å². The van der Waals surface area contributed by atoms with Gasteiger partial charge in [0, 0.05) is 21.1 Å². The van der Waals surface area contributed by atoms with Gasteiger partial charge >= 0.3 is 0 Å². The van der Waals surface area contributed by atoms with Gasteiger partial charge in [-0.2, -0.15) is 0 Å². The van der Waals surface area contributed by atoms with Crippen molar-refractivity contribution in [3.05, 3.63) is 33.3 Å². The van der Waals surface area contributed by atoms with Crippen molar-refractivity contribution in [3.63, 3.8) is 0 Å². The lowest BCUT2D eigenvalue weighted by molar-refractivity contribution is 0.381. The van der Waals surface area contributed by atoms with E-state index in [0.717, 1.165) is 15.1 Å². The van der Waals surface area contributed by atoms with Gasteiger partial charge in [0.25, 0.3) is 0 Å². The van der Waals surface area contributed by atoms with E-state index < -0.39 is 0 Å². The number of hydrogen-bond acceptors (Lipinski definition) is 1. The van der Waals surface area contributed by atoms with Crippen LogP contribution in [0.4, 0.5) is 0 Å². The Bertz CT molecular complexity index is 352. The van der Waals surface area contributed by atoms with Crippen molar-refractivity contribution in [2.24, 2.45) is 11.7 Å². The molecule has 2 N–H and O–H groups in total. The second-order valence-electron chi connectivity index (χ2n) is 4.91. The van der Waals surface area contributed by atoms with Crippen LogP contribution < -0.4 is 5.73 Å². The molecule has 0 amide bonds. The number of nitrogens with two attached hydrogens (primary N) is 1. The lowest BCUT2D eigenvalue weighted by Gasteiger charge is -2.24. The molecule has 1 aliphatic carbocycles. The summed E-state index contributed by atoms with van der Waals surface area (Å²) in [5, 5.41) is 0.788. The van der Waals surface area contributed by atoms with Crippen LogP contribution in [-0.4, -0.2) is 0 Å². The summed E-state index contributed by atoms with van der Waals surface area (Å²) < 4.78 is 1.04. The van der Waals surface area contributed by atoms with Crippen LogP contribution in [0, 0.1) is 5.92 Å². The number of halogens is 2. The van der Waals surface area contributed by atoms with Gasteiger partial charge < -0.3 is 5.73 Å². The maximum Gasteiger partial charge on any atom is 0.0465 e. The van der Waals surface area contributed by atoms with E-state index in [1.165, 1.54) is 38.5 Å². The molecular formula is C14H19BrClN. The third-order valence-electron chi connectivity index (χ3n) is 3.74. The van der Waals surface area contributed by atoms with Crippen molar-refractivity contribution in [2.45, 2.75) is 44.6 Å². The smallest absolute Gasteiger partial charge is 0.0465 e. The molecule has 1 fully saturated rings. The molecule has 0 spiro atoms. The Morgan fingerprint density at radius 3 is 2.41 bits per heavy atom. The van der Waals surface area contributed by atoms with Crippen LogP contribution in [0.15, 0.2) is 22.7 Å². The van der Waals surface area contributed by atoms with E-state index in [-0.39, 0.29) is 6.04 Å². The molecular weight excluding hydrogens is 298 g/mol. The van der Waals surface area contributed by atoms with Crippen molar-refractivity contribution in [3.8, 4) is 0 Å². The van der Waals surface area contributed by atoms with E-state index in [2.05, 4.69) is 15.9 Å². The lowest BCUT2D eigenvalue weighted by atomic mass is 9.88. The van der Waals surface area contributed by atoms with Crippen LogP contribution in [0.1, 0.15) is 50.1 Å². The van der Waals surface area contributed by atoms with E-state index in [9.17, 15) is 0 Å². The first kappa shape index (κ1) is 13.4. The van der Waals surface area contributed by atoms with Crippen LogP contribution in [-0.2, 0) is 0 Å². The van der Waals surface area contributed by atoms with E-state index in [4.69, 9.17) is 17.3 Å². The van der Waals surface area contributed by atoms with Crippen LogP contribution >= 0.6 is 27.5 Å². The van der Waals surface area contributed by atoms with Crippen molar-refractivity contribution in [2.75, 3.05) is 0 Å². The molecule has 1 saturated carbocycles. The second-order valence-corrected chi connectivity index (χ2v) is 6.17. The Balaban J connectivity index is 2.20. The molecule has 17 heavy (non-hydrogen) atoms. The molecule has 2 rings (SSSR count). The summed E-state index contributed by atoms with van der Waals surface area (Å²) in [6.07, 6.45) is 7.79. The standard InChI is InChI=1S/C14H19BrClN/c15-11-8-5-9-12(16)13(11)14(17)10-6-3-1-2-4-7-10/h5,8-10,14H,1-4,6-7,17H2. The summed E-state index contributed by atoms with van der Waals surface area (Å²) in [6, 6.07) is 5.97. The molecule has 1 atom stereocenters. The van der Waals surface area contributed by atoms with Gasteiger partial charge in [-0.3, -0.25) is 0 Å². The molecule has 0 saturated heterocycles. The fourth-order valence-electron chi connectivity index (χ4n) is 2.73. The van der Waals surface area contributed by atoms with Gasteiger partial charge in [0.05, 0.1) is 0 Å². The van der Waals surface area contributed by atoms with Gasteiger partial charge in [-0.05, 0) is 30.9 Å². The molecule has 1 nitrogen and oxygen atoms in total. The highest BCUT2D eigenvalue weighted by atomic mass is 79.9. The zero-order valence-corrected chi connectivity index (χ0v) is 12.3. The molecule has 0 bridgehead atoms. The topological polar surface area (TPSA) is 26.0 Å². The molecule has 0 aliphatic heterocycles. The third-order valence-corrected chi connectivity index (χ3v) is 4.76. The van der Waals surface area contributed by atoms with Gasteiger partial charge in [0.15, 0.2) is 0 Å². The Hall–Kier alpha value is -0.0500. The summed E-state index contributed by atoms with van der Waals surface area (Å²) in [6.45, 7) is 0. The summed E-state index contributed by atoms with van der Waals surface area (Å²) >= 11 is 9.84. The van der Waals surface area contributed by atoms with Crippen LogP contribution in [0.25, 0.3) is 0 Å². The quantitative estimate of drug-likeness (QED) is 0.757. The average molecular weight is 317 g/mol. The van der Waals surface area contributed by atoms with E-state index >= 15 is 0 Å². The first-order chi connectivity index (χ1) is 8.20. The van der Waals surface area contributed by atoms with Gasteiger partial charge in [0.1, 0.15) is 0 Å². The number of rotatable bonds is 2. The lowest BCUT2D eigenvalue weighted by Crippen LogP contribution is -2.22. The fraction of sp³-hybridized carbons (Fsp3) is 0.571. The maximum absolute atomic E-state index is 6.43. The van der Waals surface area contributed by atoms with Gasteiger partial charge in [0.2, 0.25) is 0 Å². The Morgan fingerprint density at radius 1 is 1.18 bits per heavy atom. The fourth-order valence-corrected chi connectivity index (χ4v) is 3.78. The molecule has 1 unspecified atom stereocenters. The van der Waals surface area contributed by atoms with E-state index in [1.54, 1.807) is 0 Å². The molecule has 94 valence electrons. The van der Waals surface area contributed by atoms with Crippen LogP contribution in [0.2, 0.25) is 5.02 Å². The maximum atomic E-state index is 6.43. The van der Waals surface area contributed by atoms with Crippen molar-refractivity contribution in [1.29, 1.82) is 0 Å². The average Bonchev–Trinajstić information content (AvgIpc) is 2.57. The summed E-state index contributed by atoms with van der Waals surface area (Å²) in [7, 11) is 0. The first-order valence-corrected chi connectivity index (χ1v) is 7.56. The minimum absolute atomic E-state index is 0.0659. The molecule has 0 heterocycles. The number of benzene rings is 1. The molecule has 1 aromatic carbocycles. The highest BCUT2D eigenvalue weighted by Gasteiger charge is 2.24. The zero-order chi connectivity index (χ0) is 12.3. The highest BCUT2D eigenvalue weighted by Crippen LogP contribution is 2.38. The van der Waals surface area contributed by atoms with Gasteiger partial charge in [-0.15, -0.1) is 0 Å². The SMILES string of the molecule is NC(c1c(Cl)cccc1Br)C1CCCCCC1. The summed E-state index contributed by atoms with van der Waals surface area (Å²) in [4.78, 5) is 0. The second kappa shape index (κ2) is 6.21. The Morgan fingerprint density at radius 2 is 1.82 bits per heavy atom. The molecule has 0 aromatic heterocycles. The predicted molar refractivity (Wildman–Crippen MR) is 77.3 cm³/mol. The Labute approximate surface area is 117 Å². The minimum Gasteiger partial charge on any atom is -0.324 e. The van der Waals surface area contributed by atoms with E-state index in [0.29, 0.717) is 5.92 Å². The molecule has 1 aromatic rings. The number of hydrogen-bond donors (Lipinski definition) is 1. The molecule has 0 radical (unpaired) electrons. The largest absolute Gasteiger partial charge is 0.324 e. The minimum atomic E-state index is 0.0659. The zero-order valence-electron chi connectivity index (χ0n) is 9.96. The first-order valence-electron chi connectivity index (χ1n) is 6.39.